The van der Waals surface area contributed by atoms with Crippen LogP contribution in [0.1, 0.15) is 24.5 Å². The van der Waals surface area contributed by atoms with Crippen LogP contribution >= 0.6 is 0 Å². The largest absolute Gasteiger partial charge is 0.490 e. The van der Waals surface area contributed by atoms with Crippen LogP contribution in [-0.4, -0.2) is 17.5 Å². The summed E-state index contributed by atoms with van der Waals surface area (Å²) in [5.74, 6) is -0.0616. The second-order valence-electron chi connectivity index (χ2n) is 3.74. The van der Waals surface area contributed by atoms with Gasteiger partial charge in [0.25, 0.3) is 0 Å². The highest BCUT2D eigenvalue weighted by Gasteiger charge is 2.23. The van der Waals surface area contributed by atoms with Crippen LogP contribution in [-0.2, 0) is 9.53 Å². The molecule has 1 aromatic rings. The molecule has 0 aliphatic carbocycles. The molecule has 1 aromatic carbocycles. The van der Waals surface area contributed by atoms with Crippen molar-refractivity contribution in [3.8, 4) is 0 Å². The minimum Gasteiger partial charge on any atom is -0.490 e. The van der Waals surface area contributed by atoms with Crippen molar-refractivity contribution in [1.29, 1.82) is 0 Å². The van der Waals surface area contributed by atoms with Gasteiger partial charge in [-0.3, -0.25) is 4.79 Å². The molecule has 1 unspecified atom stereocenters. The number of allylic oxidation sites excluding steroid dienone is 1. The minimum absolute atomic E-state index is 0.294. The van der Waals surface area contributed by atoms with E-state index in [0.29, 0.717) is 17.9 Å². The van der Waals surface area contributed by atoms with Crippen LogP contribution < -0.4 is 0 Å². The summed E-state index contributed by atoms with van der Waals surface area (Å²) in [4.78, 5) is 11.9. The van der Waals surface area contributed by atoms with Crippen LogP contribution in [0.25, 0.3) is 0 Å². The number of rotatable bonds is 3. The molecule has 16 heavy (non-hydrogen) atoms. The van der Waals surface area contributed by atoms with Crippen molar-refractivity contribution in [3.63, 3.8) is 0 Å². The van der Waals surface area contributed by atoms with E-state index in [1.54, 1.807) is 30.3 Å². The predicted octanol–water partition coefficient (Wildman–Crippen LogP) is 1.98. The third-order valence-electron chi connectivity index (χ3n) is 2.54. The van der Waals surface area contributed by atoms with Crippen LogP contribution in [0.2, 0.25) is 0 Å². The molecule has 3 heteroatoms. The van der Waals surface area contributed by atoms with Crippen LogP contribution in [0.5, 0.6) is 0 Å². The van der Waals surface area contributed by atoms with Gasteiger partial charge in [-0.2, -0.15) is 0 Å². The van der Waals surface area contributed by atoms with Crippen LogP contribution in [0, 0.1) is 0 Å². The summed E-state index contributed by atoms with van der Waals surface area (Å²) in [6.07, 6.45) is 2.39. The molecule has 1 atom stereocenters. The molecule has 3 nitrogen and oxygen atoms in total. The molecular weight excluding hydrogens is 204 g/mol. The lowest BCUT2D eigenvalue weighted by Crippen LogP contribution is -2.18. The van der Waals surface area contributed by atoms with E-state index in [0.717, 1.165) is 12.8 Å². The summed E-state index contributed by atoms with van der Waals surface area (Å²) >= 11 is 0. The molecular formula is C13H14O3. The topological polar surface area (TPSA) is 46.5 Å². The fourth-order valence-corrected chi connectivity index (χ4v) is 1.65. The molecule has 84 valence electrons. The summed E-state index contributed by atoms with van der Waals surface area (Å²) in [6.45, 7) is 0.555. The van der Waals surface area contributed by atoms with Crippen molar-refractivity contribution in [2.45, 2.75) is 18.9 Å². The lowest BCUT2D eigenvalue weighted by Gasteiger charge is -2.16. The summed E-state index contributed by atoms with van der Waals surface area (Å²) < 4.78 is 5.23. The summed E-state index contributed by atoms with van der Waals surface area (Å²) in [7, 11) is 0. The van der Waals surface area contributed by atoms with Crippen molar-refractivity contribution < 1.29 is 14.6 Å². The van der Waals surface area contributed by atoms with E-state index in [-0.39, 0.29) is 5.78 Å². The van der Waals surface area contributed by atoms with Gasteiger partial charge in [-0.25, -0.2) is 0 Å². The number of Topliss-reactive ketones (excluding diaryl/α,β-unsaturated/α-hetero) is 1. The maximum atomic E-state index is 11.9. The van der Waals surface area contributed by atoms with Gasteiger partial charge >= 0.3 is 0 Å². The van der Waals surface area contributed by atoms with Gasteiger partial charge < -0.3 is 9.84 Å². The Labute approximate surface area is 94.4 Å². The molecule has 1 aliphatic heterocycles. The van der Waals surface area contributed by atoms with Crippen LogP contribution in [0.15, 0.2) is 42.2 Å². The first-order valence-electron chi connectivity index (χ1n) is 5.39. The zero-order valence-electron chi connectivity index (χ0n) is 8.93. The predicted molar refractivity (Wildman–Crippen MR) is 59.7 cm³/mol. The Morgan fingerprint density at radius 1 is 1.31 bits per heavy atom. The Hall–Kier alpha value is -1.61. The number of hydrogen-bond donors (Lipinski definition) is 1. The van der Waals surface area contributed by atoms with E-state index in [1.807, 2.05) is 6.07 Å². The fraction of sp³-hybridized carbons (Fsp3) is 0.308. The number of aliphatic hydroxyl groups excluding tert-OH is 1. The molecule has 2 rings (SSSR count). The smallest absolute Gasteiger partial charge is 0.229 e. The van der Waals surface area contributed by atoms with E-state index in [4.69, 9.17) is 4.74 Å². The van der Waals surface area contributed by atoms with E-state index in [2.05, 4.69) is 0 Å². The number of hydrogen-bond acceptors (Lipinski definition) is 3. The number of carbonyl (C=O) groups excluding carboxylic acids is 1. The van der Waals surface area contributed by atoms with Gasteiger partial charge in [0.05, 0.1) is 6.61 Å². The Morgan fingerprint density at radius 2 is 2.06 bits per heavy atom. The first-order chi connectivity index (χ1) is 7.79. The van der Waals surface area contributed by atoms with Gasteiger partial charge in [0, 0.05) is 0 Å². The van der Waals surface area contributed by atoms with E-state index in [9.17, 15) is 9.90 Å². The van der Waals surface area contributed by atoms with Crippen molar-refractivity contribution in [2.24, 2.45) is 0 Å². The highest BCUT2D eigenvalue weighted by molar-refractivity contribution is 5.97. The van der Waals surface area contributed by atoms with Gasteiger partial charge in [0.2, 0.25) is 5.78 Å². The molecule has 0 amide bonds. The monoisotopic (exact) mass is 218 g/mol. The second-order valence-corrected chi connectivity index (χ2v) is 3.74. The first-order valence-corrected chi connectivity index (χ1v) is 5.39. The Morgan fingerprint density at radius 3 is 2.69 bits per heavy atom. The quantitative estimate of drug-likeness (QED) is 0.843. The summed E-state index contributed by atoms with van der Waals surface area (Å²) in [5, 5.41) is 9.87. The Bertz CT molecular complexity index is 395. The van der Waals surface area contributed by atoms with Gasteiger partial charge in [-0.15, -0.1) is 0 Å². The fourth-order valence-electron chi connectivity index (χ4n) is 1.65. The molecule has 0 aromatic heterocycles. The summed E-state index contributed by atoms with van der Waals surface area (Å²) in [5.41, 5.74) is 0.600. The molecule has 0 radical (unpaired) electrons. The van der Waals surface area contributed by atoms with Gasteiger partial charge in [0.15, 0.2) is 5.76 Å². The highest BCUT2D eigenvalue weighted by atomic mass is 16.5. The third-order valence-corrected chi connectivity index (χ3v) is 2.54. The first kappa shape index (κ1) is 10.9. The van der Waals surface area contributed by atoms with Crippen molar-refractivity contribution in [3.05, 3.63) is 47.7 Å². The number of ketones is 1. The molecule has 0 fully saturated rings. The van der Waals surface area contributed by atoms with Crippen LogP contribution in [0.4, 0.5) is 0 Å². The van der Waals surface area contributed by atoms with E-state index in [1.165, 1.54) is 0 Å². The SMILES string of the molecule is O=C(C1=CCCCO1)C(O)c1ccccc1. The zero-order valence-corrected chi connectivity index (χ0v) is 8.93. The maximum absolute atomic E-state index is 11.9. The lowest BCUT2D eigenvalue weighted by molar-refractivity contribution is -0.127. The number of ether oxygens (including phenoxy) is 1. The van der Waals surface area contributed by atoms with E-state index >= 15 is 0 Å². The molecule has 0 spiro atoms. The van der Waals surface area contributed by atoms with Crippen molar-refractivity contribution >= 4 is 5.78 Å². The Balaban J connectivity index is 2.13. The third kappa shape index (κ3) is 2.31. The molecule has 0 saturated heterocycles. The molecule has 1 aliphatic rings. The van der Waals surface area contributed by atoms with Gasteiger partial charge in [-0.1, -0.05) is 30.3 Å². The normalized spacial score (nSPS) is 17.2. The number of benzene rings is 1. The lowest BCUT2D eigenvalue weighted by atomic mass is 10.0. The molecule has 1 heterocycles. The average molecular weight is 218 g/mol. The van der Waals surface area contributed by atoms with Crippen LogP contribution in [0.3, 0.4) is 0 Å². The molecule has 1 N–H and O–H groups in total. The number of carbonyl (C=O) groups is 1. The average Bonchev–Trinajstić information content (AvgIpc) is 2.39. The van der Waals surface area contributed by atoms with Gasteiger partial charge in [-0.05, 0) is 24.5 Å². The standard InChI is InChI=1S/C13H14O3/c14-12(10-6-2-1-3-7-10)13(15)11-8-4-5-9-16-11/h1-3,6-8,12,14H,4-5,9H2. The second kappa shape index (κ2) is 4.94. The molecule has 0 bridgehead atoms. The van der Waals surface area contributed by atoms with Gasteiger partial charge in [0.1, 0.15) is 6.10 Å². The van der Waals surface area contributed by atoms with E-state index < -0.39 is 6.10 Å². The Kier molecular flexibility index (Phi) is 3.37. The van der Waals surface area contributed by atoms with Crippen molar-refractivity contribution in [2.75, 3.05) is 6.61 Å². The minimum atomic E-state index is -1.12. The maximum Gasteiger partial charge on any atom is 0.229 e. The number of aliphatic hydroxyl groups is 1. The molecule has 0 saturated carbocycles. The summed E-state index contributed by atoms with van der Waals surface area (Å²) in [6, 6.07) is 8.89. The highest BCUT2D eigenvalue weighted by Crippen LogP contribution is 2.20. The zero-order chi connectivity index (χ0) is 11.4. The van der Waals surface area contributed by atoms with Crippen molar-refractivity contribution in [1.82, 2.24) is 0 Å².